The maximum Gasteiger partial charge on any atom is 0.490 e. The molecule has 2 heterocycles. The number of carbonyl (C=O) groups excluding carboxylic acids is 2. The summed E-state index contributed by atoms with van der Waals surface area (Å²) < 4.78 is 31.7. The number of rotatable bonds is 5. The van der Waals surface area contributed by atoms with Crippen molar-refractivity contribution in [3.8, 4) is 0 Å². The first kappa shape index (κ1) is 30.6. The lowest BCUT2D eigenvalue weighted by Gasteiger charge is -2.23. The molecular formula is C30H28ClF3N4O4. The third-order valence-corrected chi connectivity index (χ3v) is 7.04. The average molecular weight is 601 g/mol. The highest BCUT2D eigenvalue weighted by Crippen LogP contribution is 2.27. The maximum absolute atomic E-state index is 13.4. The van der Waals surface area contributed by atoms with Gasteiger partial charge in [-0.05, 0) is 47.9 Å². The minimum absolute atomic E-state index is 0.0290. The fourth-order valence-corrected chi connectivity index (χ4v) is 4.75. The molecule has 8 nitrogen and oxygen atoms in total. The van der Waals surface area contributed by atoms with Crippen molar-refractivity contribution in [2.45, 2.75) is 19.1 Å². The van der Waals surface area contributed by atoms with Gasteiger partial charge in [0.25, 0.3) is 5.91 Å². The Balaban J connectivity index is 0.000000517. The number of nitrogens with zero attached hydrogens (tertiary/aromatic N) is 4. The lowest BCUT2D eigenvalue weighted by atomic mass is 10.1. The van der Waals surface area contributed by atoms with E-state index in [1.807, 2.05) is 29.2 Å². The number of hydrogen-bond donors (Lipinski definition) is 1. The Morgan fingerprint density at radius 2 is 1.62 bits per heavy atom. The molecule has 5 rings (SSSR count). The maximum atomic E-state index is 13.4. The molecule has 0 saturated carbocycles. The Labute approximate surface area is 245 Å². The zero-order chi connectivity index (χ0) is 30.4. The molecule has 220 valence electrons. The molecule has 0 spiro atoms. The lowest BCUT2D eigenvalue weighted by Crippen LogP contribution is -2.40. The number of anilines is 1. The normalized spacial score (nSPS) is 14.9. The van der Waals surface area contributed by atoms with Crippen LogP contribution in [0.25, 0.3) is 0 Å². The van der Waals surface area contributed by atoms with Crippen molar-refractivity contribution in [3.05, 3.63) is 100 Å². The fraction of sp³-hybridized carbons (Fsp3) is 0.267. The standard InChI is InChI=1S/C28H27ClN4O2.C2HF3O2/c1-31-17-15-30-27(31)21-8-6-20(7-9-21)14-16-33-25-5-3-2-4-23(25)18-32(19-26(33)34)28(35)22-10-12-24(29)13-11-22;3-2(4,5)1(6)7/h2-13H,14-19H2,1H3;(H,6,7). The highest BCUT2D eigenvalue weighted by atomic mass is 35.5. The number of alkyl halides is 3. The molecule has 42 heavy (non-hydrogen) atoms. The number of hydrogen-bond acceptors (Lipinski definition) is 5. The monoisotopic (exact) mass is 600 g/mol. The van der Waals surface area contributed by atoms with Crippen LogP contribution in [-0.4, -0.2) is 77.9 Å². The topological polar surface area (TPSA) is 93.5 Å². The Morgan fingerprint density at radius 3 is 2.21 bits per heavy atom. The summed E-state index contributed by atoms with van der Waals surface area (Å²) in [4.78, 5) is 45.6. The Bertz CT molecular complexity index is 1480. The fourth-order valence-electron chi connectivity index (χ4n) is 4.62. The van der Waals surface area contributed by atoms with E-state index in [4.69, 9.17) is 21.5 Å². The average Bonchev–Trinajstić information content (AvgIpc) is 3.33. The molecule has 12 heteroatoms. The second-order valence-corrected chi connectivity index (χ2v) is 10.2. The molecule has 0 fully saturated rings. The molecule has 1 N–H and O–H groups in total. The number of para-hydroxylation sites is 1. The molecule has 0 aliphatic carbocycles. The minimum Gasteiger partial charge on any atom is -0.475 e. The van der Waals surface area contributed by atoms with Crippen LogP contribution in [0.15, 0.2) is 77.8 Å². The number of carbonyl (C=O) groups is 3. The molecule has 0 saturated heterocycles. The van der Waals surface area contributed by atoms with Gasteiger partial charge in [-0.1, -0.05) is 54.1 Å². The van der Waals surface area contributed by atoms with E-state index >= 15 is 0 Å². The van der Waals surface area contributed by atoms with E-state index in [0.29, 0.717) is 30.1 Å². The molecule has 0 atom stereocenters. The third-order valence-electron chi connectivity index (χ3n) is 6.79. The first-order valence-electron chi connectivity index (χ1n) is 13.0. The van der Waals surface area contributed by atoms with Crippen LogP contribution in [0.3, 0.4) is 0 Å². The summed E-state index contributed by atoms with van der Waals surface area (Å²) in [5.41, 5.74) is 4.60. The van der Waals surface area contributed by atoms with Crippen LogP contribution in [0.2, 0.25) is 5.02 Å². The highest BCUT2D eigenvalue weighted by molar-refractivity contribution is 6.30. The zero-order valence-corrected chi connectivity index (χ0v) is 23.4. The van der Waals surface area contributed by atoms with E-state index in [0.717, 1.165) is 41.3 Å². The molecule has 3 aromatic carbocycles. The van der Waals surface area contributed by atoms with Gasteiger partial charge in [-0.15, -0.1) is 0 Å². The van der Waals surface area contributed by atoms with Gasteiger partial charge in [0, 0.05) is 48.5 Å². The van der Waals surface area contributed by atoms with Crippen molar-refractivity contribution in [2.24, 2.45) is 4.99 Å². The van der Waals surface area contributed by atoms with Gasteiger partial charge < -0.3 is 19.8 Å². The summed E-state index contributed by atoms with van der Waals surface area (Å²) in [5, 5.41) is 7.70. The third kappa shape index (κ3) is 7.47. The molecule has 3 aromatic rings. The predicted molar refractivity (Wildman–Crippen MR) is 153 cm³/mol. The summed E-state index contributed by atoms with van der Waals surface area (Å²) >= 11 is 5.98. The van der Waals surface area contributed by atoms with Gasteiger partial charge in [0.1, 0.15) is 12.4 Å². The van der Waals surface area contributed by atoms with E-state index in [-0.39, 0.29) is 18.4 Å². The number of benzene rings is 3. The first-order chi connectivity index (χ1) is 19.9. The second-order valence-electron chi connectivity index (χ2n) is 9.72. The molecule has 0 radical (unpaired) electrons. The van der Waals surface area contributed by atoms with Gasteiger partial charge in [-0.2, -0.15) is 13.2 Å². The van der Waals surface area contributed by atoms with Crippen molar-refractivity contribution in [2.75, 3.05) is 38.1 Å². The van der Waals surface area contributed by atoms with Gasteiger partial charge in [-0.25, -0.2) is 4.79 Å². The molecule has 0 bridgehead atoms. The van der Waals surface area contributed by atoms with Crippen LogP contribution in [0, 0.1) is 0 Å². The van der Waals surface area contributed by atoms with Crippen LogP contribution in [-0.2, 0) is 22.6 Å². The van der Waals surface area contributed by atoms with Crippen LogP contribution >= 0.6 is 11.6 Å². The molecule has 2 amide bonds. The molecule has 0 aromatic heterocycles. The van der Waals surface area contributed by atoms with Gasteiger partial charge in [0.05, 0.1) is 6.54 Å². The number of amides is 2. The van der Waals surface area contributed by atoms with Crippen LogP contribution in [0.4, 0.5) is 18.9 Å². The Kier molecular flexibility index (Phi) is 9.52. The number of carboxylic acids is 1. The molecule has 0 unspecified atom stereocenters. The lowest BCUT2D eigenvalue weighted by molar-refractivity contribution is -0.192. The van der Waals surface area contributed by atoms with E-state index in [9.17, 15) is 22.8 Å². The van der Waals surface area contributed by atoms with E-state index in [1.165, 1.54) is 0 Å². The SMILES string of the molecule is CN1CCN=C1c1ccc(CCN2C(=O)CN(C(=O)c3ccc(Cl)cc3)Cc3ccccc32)cc1.O=C(O)C(F)(F)F. The van der Waals surface area contributed by atoms with Gasteiger partial charge in [0.2, 0.25) is 5.91 Å². The van der Waals surface area contributed by atoms with Gasteiger partial charge in [-0.3, -0.25) is 14.6 Å². The van der Waals surface area contributed by atoms with Crippen molar-refractivity contribution in [3.63, 3.8) is 0 Å². The minimum atomic E-state index is -5.08. The molecular weight excluding hydrogens is 573 g/mol. The van der Waals surface area contributed by atoms with Crippen LogP contribution in [0.1, 0.15) is 27.0 Å². The highest BCUT2D eigenvalue weighted by Gasteiger charge is 2.38. The number of halogens is 4. The van der Waals surface area contributed by atoms with E-state index in [1.54, 1.807) is 29.2 Å². The molecule has 2 aliphatic heterocycles. The van der Waals surface area contributed by atoms with Gasteiger partial charge in [0.15, 0.2) is 0 Å². The number of aliphatic imine (C=N–C) groups is 1. The van der Waals surface area contributed by atoms with Crippen LogP contribution in [0.5, 0.6) is 0 Å². The number of likely N-dealkylation sites (N-methyl/N-ethyl adjacent to an activating group) is 1. The number of aliphatic carboxylic acids is 1. The smallest absolute Gasteiger partial charge is 0.475 e. The van der Waals surface area contributed by atoms with E-state index in [2.05, 4.69) is 41.2 Å². The van der Waals surface area contributed by atoms with Crippen LogP contribution < -0.4 is 4.90 Å². The van der Waals surface area contributed by atoms with E-state index < -0.39 is 12.1 Å². The second kappa shape index (κ2) is 13.1. The summed E-state index contributed by atoms with van der Waals surface area (Å²) in [7, 11) is 2.06. The number of carboxylic acid groups (broad SMARTS) is 1. The van der Waals surface area contributed by atoms with Gasteiger partial charge >= 0.3 is 12.1 Å². The summed E-state index contributed by atoms with van der Waals surface area (Å²) in [6.07, 6.45) is -4.37. The van der Waals surface area contributed by atoms with Crippen molar-refractivity contribution in [1.82, 2.24) is 9.80 Å². The van der Waals surface area contributed by atoms with Crippen molar-refractivity contribution >= 4 is 40.9 Å². The predicted octanol–water partition coefficient (Wildman–Crippen LogP) is 4.90. The summed E-state index contributed by atoms with van der Waals surface area (Å²) in [5.74, 6) is -2.00. The largest absolute Gasteiger partial charge is 0.490 e. The molecule has 2 aliphatic rings. The number of fused-ring (bicyclic) bond motifs is 1. The zero-order valence-electron chi connectivity index (χ0n) is 22.6. The Morgan fingerprint density at radius 1 is 0.976 bits per heavy atom. The summed E-state index contributed by atoms with van der Waals surface area (Å²) in [6.45, 7) is 2.73. The van der Waals surface area contributed by atoms with Crippen molar-refractivity contribution in [1.29, 1.82) is 0 Å². The number of amidine groups is 1. The quantitative estimate of drug-likeness (QED) is 0.450. The summed E-state index contributed by atoms with van der Waals surface area (Å²) in [6, 6.07) is 23.0. The Hall–Kier alpha value is -4.38. The first-order valence-corrected chi connectivity index (χ1v) is 13.4. The van der Waals surface area contributed by atoms with Crippen molar-refractivity contribution < 1.29 is 32.7 Å².